The highest BCUT2D eigenvalue weighted by molar-refractivity contribution is 5.01. The van der Waals surface area contributed by atoms with Gasteiger partial charge in [-0.15, -0.1) is 0 Å². The van der Waals surface area contributed by atoms with Gasteiger partial charge >= 0.3 is 5.69 Å². The van der Waals surface area contributed by atoms with E-state index in [9.17, 15) is 4.79 Å². The number of hydrogen-bond donors (Lipinski definition) is 1. The summed E-state index contributed by atoms with van der Waals surface area (Å²) in [6.07, 6.45) is 5.55. The van der Waals surface area contributed by atoms with Crippen molar-refractivity contribution in [2.75, 3.05) is 13.1 Å². The van der Waals surface area contributed by atoms with Crippen LogP contribution in [0.1, 0.15) is 37.3 Å². The lowest BCUT2D eigenvalue weighted by atomic mass is 9.99. The molecule has 0 aliphatic carbocycles. The third-order valence-corrected chi connectivity index (χ3v) is 3.84. The third kappa shape index (κ3) is 2.87. The van der Waals surface area contributed by atoms with Crippen LogP contribution in [-0.2, 0) is 13.1 Å². The summed E-state index contributed by atoms with van der Waals surface area (Å²) in [4.78, 5) is 20.8. The first kappa shape index (κ1) is 13.9. The molecule has 0 amide bonds. The molecule has 0 bridgehead atoms. The van der Waals surface area contributed by atoms with Crippen molar-refractivity contribution in [3.05, 3.63) is 40.6 Å². The van der Waals surface area contributed by atoms with E-state index in [2.05, 4.69) is 20.4 Å². The number of aromatic nitrogens is 5. The van der Waals surface area contributed by atoms with Gasteiger partial charge in [0, 0.05) is 31.4 Å². The number of piperidine rings is 1. The molecule has 1 atom stereocenters. The minimum atomic E-state index is -0.0782. The molecule has 3 heterocycles. The van der Waals surface area contributed by atoms with Crippen molar-refractivity contribution in [1.82, 2.24) is 29.6 Å². The second-order valence-electron chi connectivity index (χ2n) is 5.25. The lowest BCUT2D eigenvalue weighted by Crippen LogP contribution is -2.31. The molecular formula is C14H20N6O. The minimum absolute atomic E-state index is 0.0782. The summed E-state index contributed by atoms with van der Waals surface area (Å²) >= 11 is 0. The van der Waals surface area contributed by atoms with Crippen LogP contribution >= 0.6 is 0 Å². The quantitative estimate of drug-likeness (QED) is 0.879. The van der Waals surface area contributed by atoms with Crippen molar-refractivity contribution in [3.63, 3.8) is 0 Å². The van der Waals surface area contributed by atoms with Gasteiger partial charge in [0.05, 0.1) is 0 Å². The Morgan fingerprint density at radius 1 is 1.38 bits per heavy atom. The summed E-state index contributed by atoms with van der Waals surface area (Å²) < 4.78 is 3.24. The molecule has 1 N–H and O–H groups in total. The third-order valence-electron chi connectivity index (χ3n) is 3.84. The summed E-state index contributed by atoms with van der Waals surface area (Å²) in [7, 11) is 0. The van der Waals surface area contributed by atoms with E-state index in [1.807, 2.05) is 6.92 Å². The Morgan fingerprint density at radius 2 is 2.19 bits per heavy atom. The highest BCUT2D eigenvalue weighted by Gasteiger charge is 2.23. The Balaban J connectivity index is 1.91. The Bertz CT molecular complexity index is 641. The lowest BCUT2D eigenvalue weighted by molar-refractivity contribution is 0.431. The fourth-order valence-electron chi connectivity index (χ4n) is 2.78. The molecule has 1 aliphatic heterocycles. The average molecular weight is 288 g/mol. The van der Waals surface area contributed by atoms with E-state index in [1.54, 1.807) is 23.0 Å². The molecule has 1 saturated heterocycles. The number of hydrogen-bond acceptors (Lipinski definition) is 5. The van der Waals surface area contributed by atoms with Crippen LogP contribution in [-0.4, -0.2) is 37.4 Å². The smallest absolute Gasteiger partial charge is 0.316 e. The Kier molecular flexibility index (Phi) is 4.10. The van der Waals surface area contributed by atoms with Crippen LogP contribution in [0.2, 0.25) is 0 Å². The maximum absolute atomic E-state index is 12.5. The maximum atomic E-state index is 12.5. The summed E-state index contributed by atoms with van der Waals surface area (Å²) in [5.74, 6) is 1.80. The zero-order chi connectivity index (χ0) is 14.7. The molecule has 2 aromatic heterocycles. The predicted octanol–water partition coefficient (Wildman–Crippen LogP) is 0.370. The van der Waals surface area contributed by atoms with Gasteiger partial charge in [0.25, 0.3) is 0 Å². The molecule has 3 rings (SSSR count). The fourth-order valence-corrected chi connectivity index (χ4v) is 2.78. The van der Waals surface area contributed by atoms with Gasteiger partial charge in [0.1, 0.15) is 18.2 Å². The highest BCUT2D eigenvalue weighted by atomic mass is 16.2. The normalized spacial score (nSPS) is 18.8. The zero-order valence-electron chi connectivity index (χ0n) is 12.2. The number of nitrogens with zero attached hydrogens (tertiary/aromatic N) is 5. The largest absolute Gasteiger partial charge is 0.346 e. The van der Waals surface area contributed by atoms with Crippen LogP contribution in [0.3, 0.4) is 0 Å². The van der Waals surface area contributed by atoms with E-state index in [0.717, 1.165) is 31.8 Å². The summed E-state index contributed by atoms with van der Waals surface area (Å²) in [5, 5.41) is 7.92. The standard InChI is InChI=1S/C14H20N6O/c1-2-19-13(11-5-3-6-15-9-11)18-20(14(19)21)10-12-16-7-4-8-17-12/h4,7-8,11,15H,2-3,5-6,9-10H2,1H3/t11-/m1/s1. The van der Waals surface area contributed by atoms with E-state index in [4.69, 9.17) is 0 Å². The molecule has 0 spiro atoms. The Morgan fingerprint density at radius 3 is 2.86 bits per heavy atom. The molecular weight excluding hydrogens is 268 g/mol. The minimum Gasteiger partial charge on any atom is -0.316 e. The van der Waals surface area contributed by atoms with E-state index < -0.39 is 0 Å². The SMILES string of the molecule is CCn1c([C@@H]2CCCNC2)nn(Cc2ncccn2)c1=O. The van der Waals surface area contributed by atoms with Gasteiger partial charge < -0.3 is 5.32 Å². The van der Waals surface area contributed by atoms with Crippen LogP contribution in [0, 0.1) is 0 Å². The van der Waals surface area contributed by atoms with Gasteiger partial charge in [-0.25, -0.2) is 19.4 Å². The maximum Gasteiger partial charge on any atom is 0.346 e. The molecule has 0 unspecified atom stereocenters. The fraction of sp³-hybridized carbons (Fsp3) is 0.571. The van der Waals surface area contributed by atoms with E-state index >= 15 is 0 Å². The van der Waals surface area contributed by atoms with Crippen LogP contribution in [0.25, 0.3) is 0 Å². The van der Waals surface area contributed by atoms with Crippen molar-refractivity contribution >= 4 is 0 Å². The molecule has 2 aromatic rings. The van der Waals surface area contributed by atoms with Gasteiger partial charge in [-0.05, 0) is 32.4 Å². The zero-order valence-corrected chi connectivity index (χ0v) is 12.2. The van der Waals surface area contributed by atoms with Crippen molar-refractivity contribution < 1.29 is 0 Å². The van der Waals surface area contributed by atoms with Gasteiger partial charge in [0.15, 0.2) is 0 Å². The van der Waals surface area contributed by atoms with Gasteiger partial charge in [0.2, 0.25) is 0 Å². The monoisotopic (exact) mass is 288 g/mol. The number of rotatable bonds is 4. The lowest BCUT2D eigenvalue weighted by Gasteiger charge is -2.21. The average Bonchev–Trinajstić information content (AvgIpc) is 2.85. The second kappa shape index (κ2) is 6.17. The molecule has 0 saturated carbocycles. The topological polar surface area (TPSA) is 77.6 Å². The van der Waals surface area contributed by atoms with Crippen molar-refractivity contribution in [2.24, 2.45) is 0 Å². The van der Waals surface area contributed by atoms with E-state index in [1.165, 1.54) is 4.68 Å². The van der Waals surface area contributed by atoms with Crippen LogP contribution < -0.4 is 11.0 Å². The van der Waals surface area contributed by atoms with E-state index in [0.29, 0.717) is 24.8 Å². The van der Waals surface area contributed by atoms with Crippen molar-refractivity contribution in [2.45, 2.75) is 38.8 Å². The molecule has 21 heavy (non-hydrogen) atoms. The molecule has 1 aliphatic rings. The summed E-state index contributed by atoms with van der Waals surface area (Å²) in [6.45, 7) is 4.87. The molecule has 0 radical (unpaired) electrons. The Labute approximate surface area is 123 Å². The van der Waals surface area contributed by atoms with Crippen LogP contribution in [0.5, 0.6) is 0 Å². The predicted molar refractivity (Wildman–Crippen MR) is 78.1 cm³/mol. The van der Waals surface area contributed by atoms with Gasteiger partial charge in [-0.3, -0.25) is 4.57 Å². The molecule has 1 fully saturated rings. The molecule has 7 heteroatoms. The number of nitrogens with one attached hydrogen (secondary N) is 1. The summed E-state index contributed by atoms with van der Waals surface area (Å²) in [6, 6.07) is 1.76. The van der Waals surface area contributed by atoms with E-state index in [-0.39, 0.29) is 5.69 Å². The molecule has 112 valence electrons. The Hall–Kier alpha value is -2.02. The van der Waals surface area contributed by atoms with Crippen molar-refractivity contribution in [1.29, 1.82) is 0 Å². The molecule has 7 nitrogen and oxygen atoms in total. The highest BCUT2D eigenvalue weighted by Crippen LogP contribution is 2.20. The van der Waals surface area contributed by atoms with Gasteiger partial charge in [-0.1, -0.05) is 0 Å². The van der Waals surface area contributed by atoms with Crippen LogP contribution in [0.15, 0.2) is 23.3 Å². The first-order chi connectivity index (χ1) is 10.3. The molecule has 0 aromatic carbocycles. The first-order valence-corrected chi connectivity index (χ1v) is 7.43. The van der Waals surface area contributed by atoms with Crippen molar-refractivity contribution in [3.8, 4) is 0 Å². The second-order valence-corrected chi connectivity index (χ2v) is 5.25. The van der Waals surface area contributed by atoms with Crippen LogP contribution in [0.4, 0.5) is 0 Å². The van der Waals surface area contributed by atoms with Gasteiger partial charge in [-0.2, -0.15) is 5.10 Å². The summed E-state index contributed by atoms with van der Waals surface area (Å²) in [5.41, 5.74) is -0.0782. The first-order valence-electron chi connectivity index (χ1n) is 7.43.